The van der Waals surface area contributed by atoms with Crippen LogP contribution in [0, 0.1) is 0 Å². The Kier molecular flexibility index (Phi) is 4.69. The van der Waals surface area contributed by atoms with Crippen LogP contribution in [0.25, 0.3) is 0 Å². The lowest BCUT2D eigenvalue weighted by molar-refractivity contribution is -0.139. The number of esters is 1. The van der Waals surface area contributed by atoms with Crippen molar-refractivity contribution in [3.8, 4) is 0 Å². The minimum absolute atomic E-state index is 0.0808. The highest BCUT2D eigenvalue weighted by molar-refractivity contribution is 7.14. The number of carbonyl (C=O) groups is 2. The van der Waals surface area contributed by atoms with E-state index in [1.165, 1.54) is 18.4 Å². The zero-order chi connectivity index (χ0) is 14.5. The third kappa shape index (κ3) is 3.33. The first-order chi connectivity index (χ1) is 9.61. The Labute approximate surface area is 122 Å². The Hall–Kier alpha value is -1.94. The van der Waals surface area contributed by atoms with Crippen molar-refractivity contribution in [1.29, 1.82) is 0 Å². The van der Waals surface area contributed by atoms with Crippen LogP contribution in [-0.2, 0) is 16.0 Å². The smallest absolute Gasteiger partial charge is 0.310 e. The van der Waals surface area contributed by atoms with E-state index in [0.29, 0.717) is 4.88 Å². The summed E-state index contributed by atoms with van der Waals surface area (Å²) < 4.78 is 4.62. The Morgan fingerprint density at radius 2 is 1.85 bits per heavy atom. The average molecular weight is 288 g/mol. The van der Waals surface area contributed by atoms with E-state index in [1.807, 2.05) is 43.3 Å². The number of Topliss-reactive ketones (excluding diaryl/α,β-unsaturated/α-hetero) is 1. The molecule has 1 unspecified atom stereocenters. The van der Waals surface area contributed by atoms with Gasteiger partial charge in [0.1, 0.15) is 0 Å². The van der Waals surface area contributed by atoms with Crippen LogP contribution in [-0.4, -0.2) is 18.9 Å². The minimum atomic E-state index is -0.290. The molecule has 0 saturated heterocycles. The molecular weight excluding hydrogens is 272 g/mol. The van der Waals surface area contributed by atoms with Gasteiger partial charge in [0.2, 0.25) is 0 Å². The zero-order valence-corrected chi connectivity index (χ0v) is 12.3. The van der Waals surface area contributed by atoms with Gasteiger partial charge in [-0.1, -0.05) is 37.3 Å². The van der Waals surface area contributed by atoms with Gasteiger partial charge in [0.05, 0.1) is 18.4 Å². The van der Waals surface area contributed by atoms with Crippen molar-refractivity contribution in [3.05, 3.63) is 57.8 Å². The summed E-state index contributed by atoms with van der Waals surface area (Å²) in [7, 11) is 1.36. The fourth-order valence-corrected chi connectivity index (χ4v) is 2.95. The van der Waals surface area contributed by atoms with Gasteiger partial charge in [-0.2, -0.15) is 0 Å². The fourth-order valence-electron chi connectivity index (χ4n) is 1.93. The average Bonchev–Trinajstić information content (AvgIpc) is 2.95. The molecule has 104 valence electrons. The van der Waals surface area contributed by atoms with Crippen LogP contribution in [0.1, 0.15) is 33.0 Å². The van der Waals surface area contributed by atoms with E-state index >= 15 is 0 Å². The summed E-state index contributed by atoms with van der Waals surface area (Å²) in [4.78, 5) is 25.2. The summed E-state index contributed by atoms with van der Waals surface area (Å²) in [5, 5.41) is 0. The molecule has 0 saturated carbocycles. The van der Waals surface area contributed by atoms with E-state index in [4.69, 9.17) is 0 Å². The highest BCUT2D eigenvalue weighted by Crippen LogP contribution is 2.25. The van der Waals surface area contributed by atoms with Gasteiger partial charge in [-0.15, -0.1) is 11.3 Å². The number of methoxy groups -OCH3 is 1. The summed E-state index contributed by atoms with van der Waals surface area (Å²) >= 11 is 1.36. The number of thiophene rings is 1. The third-order valence-electron chi connectivity index (χ3n) is 3.14. The van der Waals surface area contributed by atoms with Crippen LogP contribution in [0.4, 0.5) is 0 Å². The van der Waals surface area contributed by atoms with Gasteiger partial charge in [-0.3, -0.25) is 9.59 Å². The summed E-state index contributed by atoms with van der Waals surface area (Å²) in [6, 6.07) is 13.3. The van der Waals surface area contributed by atoms with E-state index in [2.05, 4.69) is 4.74 Å². The molecule has 0 aliphatic rings. The molecule has 1 heterocycles. The summed E-state index contributed by atoms with van der Waals surface area (Å²) in [5.41, 5.74) is 1.00. The van der Waals surface area contributed by atoms with E-state index in [1.54, 1.807) is 6.07 Å². The van der Waals surface area contributed by atoms with Gasteiger partial charge in [0.25, 0.3) is 0 Å². The molecule has 0 fully saturated rings. The molecule has 4 heteroatoms. The largest absolute Gasteiger partial charge is 0.469 e. The van der Waals surface area contributed by atoms with Gasteiger partial charge in [-0.05, 0) is 17.7 Å². The second-order valence-corrected chi connectivity index (χ2v) is 5.68. The maximum Gasteiger partial charge on any atom is 0.310 e. The molecule has 20 heavy (non-hydrogen) atoms. The fraction of sp³-hybridized carbons (Fsp3) is 0.250. The normalized spacial score (nSPS) is 11.9. The Bertz CT molecular complexity index is 601. The molecule has 1 atom stereocenters. The molecule has 0 amide bonds. The summed E-state index contributed by atoms with van der Waals surface area (Å²) in [5.74, 6) is -0.389. The Morgan fingerprint density at radius 3 is 2.50 bits per heavy atom. The number of ketones is 1. The van der Waals surface area contributed by atoms with Gasteiger partial charge >= 0.3 is 5.97 Å². The lowest BCUT2D eigenvalue weighted by atomic mass is 9.96. The SMILES string of the molecule is COC(=O)Cc1ccc(C(=O)C(C)c2ccccc2)s1. The lowest BCUT2D eigenvalue weighted by Gasteiger charge is -2.08. The molecule has 0 N–H and O–H groups in total. The Balaban J connectivity index is 2.12. The highest BCUT2D eigenvalue weighted by atomic mass is 32.1. The number of hydrogen-bond donors (Lipinski definition) is 0. The van der Waals surface area contributed by atoms with Crippen molar-refractivity contribution < 1.29 is 14.3 Å². The second kappa shape index (κ2) is 6.48. The van der Waals surface area contributed by atoms with Crippen LogP contribution in [0.5, 0.6) is 0 Å². The quantitative estimate of drug-likeness (QED) is 0.625. The first-order valence-electron chi connectivity index (χ1n) is 6.36. The van der Waals surface area contributed by atoms with E-state index < -0.39 is 0 Å². The van der Waals surface area contributed by atoms with E-state index in [0.717, 1.165) is 10.4 Å². The molecule has 0 aliphatic heterocycles. The molecular formula is C16H16O3S. The van der Waals surface area contributed by atoms with Gasteiger partial charge in [0, 0.05) is 10.8 Å². The van der Waals surface area contributed by atoms with Gasteiger partial charge in [-0.25, -0.2) is 0 Å². The van der Waals surface area contributed by atoms with Crippen LogP contribution in [0.3, 0.4) is 0 Å². The molecule has 2 aromatic rings. The number of benzene rings is 1. The standard InChI is InChI=1S/C16H16O3S/c1-11(12-6-4-3-5-7-12)16(18)14-9-8-13(20-14)10-15(17)19-2/h3-9,11H,10H2,1-2H3. The summed E-state index contributed by atoms with van der Waals surface area (Å²) in [6.07, 6.45) is 0.216. The molecule has 0 bridgehead atoms. The van der Waals surface area contributed by atoms with Crippen molar-refractivity contribution in [1.82, 2.24) is 0 Å². The lowest BCUT2D eigenvalue weighted by Crippen LogP contribution is -2.07. The molecule has 0 spiro atoms. The molecule has 0 aliphatic carbocycles. The van der Waals surface area contributed by atoms with E-state index in [9.17, 15) is 9.59 Å². The zero-order valence-electron chi connectivity index (χ0n) is 11.5. The van der Waals surface area contributed by atoms with Crippen LogP contribution >= 0.6 is 11.3 Å². The highest BCUT2D eigenvalue weighted by Gasteiger charge is 2.19. The van der Waals surface area contributed by atoms with Crippen LogP contribution in [0.15, 0.2) is 42.5 Å². The minimum Gasteiger partial charge on any atom is -0.469 e. The monoisotopic (exact) mass is 288 g/mol. The van der Waals surface area contributed by atoms with Gasteiger partial charge in [0.15, 0.2) is 5.78 Å². The first-order valence-corrected chi connectivity index (χ1v) is 7.18. The van der Waals surface area contributed by atoms with Crippen LogP contribution in [0.2, 0.25) is 0 Å². The summed E-state index contributed by atoms with van der Waals surface area (Å²) in [6.45, 7) is 1.90. The molecule has 1 aromatic carbocycles. The first kappa shape index (κ1) is 14.5. The molecule has 3 nitrogen and oxygen atoms in total. The van der Waals surface area contributed by atoms with Crippen molar-refractivity contribution in [2.75, 3.05) is 7.11 Å². The molecule has 2 rings (SSSR count). The second-order valence-electron chi connectivity index (χ2n) is 4.52. The maximum atomic E-state index is 12.4. The topological polar surface area (TPSA) is 43.4 Å². The predicted molar refractivity (Wildman–Crippen MR) is 79.2 cm³/mol. The third-order valence-corrected chi connectivity index (χ3v) is 4.24. The van der Waals surface area contributed by atoms with Crippen molar-refractivity contribution in [2.45, 2.75) is 19.3 Å². The molecule has 1 aromatic heterocycles. The number of ether oxygens (including phenoxy) is 1. The van der Waals surface area contributed by atoms with Gasteiger partial charge < -0.3 is 4.74 Å². The van der Waals surface area contributed by atoms with Crippen molar-refractivity contribution >= 4 is 23.1 Å². The number of rotatable bonds is 5. The molecule has 0 radical (unpaired) electrons. The maximum absolute atomic E-state index is 12.4. The van der Waals surface area contributed by atoms with Crippen molar-refractivity contribution in [2.24, 2.45) is 0 Å². The van der Waals surface area contributed by atoms with E-state index in [-0.39, 0.29) is 24.1 Å². The van der Waals surface area contributed by atoms with Crippen molar-refractivity contribution in [3.63, 3.8) is 0 Å². The number of carbonyl (C=O) groups excluding carboxylic acids is 2. The number of hydrogen-bond acceptors (Lipinski definition) is 4. The van der Waals surface area contributed by atoms with Crippen LogP contribution < -0.4 is 0 Å². The predicted octanol–water partition coefficient (Wildman–Crippen LogP) is 3.45. The Morgan fingerprint density at radius 1 is 1.15 bits per heavy atom.